The third-order valence-corrected chi connectivity index (χ3v) is 12.0. The van der Waals surface area contributed by atoms with Crippen molar-refractivity contribution in [1.29, 1.82) is 0 Å². The fourth-order valence-corrected chi connectivity index (χ4v) is 8.22. The molecule has 22 heteroatoms. The van der Waals surface area contributed by atoms with E-state index in [1.807, 2.05) is 32.6 Å². The van der Waals surface area contributed by atoms with Gasteiger partial charge in [0.1, 0.15) is 6.61 Å². The molecule has 4 N–H and O–H groups in total. The quantitative estimate of drug-likeness (QED) is 0.0628. The average Bonchev–Trinajstić information content (AvgIpc) is 3.98. The van der Waals surface area contributed by atoms with Crippen LogP contribution < -0.4 is 25.6 Å². The number of ether oxygens (including phenoxy) is 5. The van der Waals surface area contributed by atoms with E-state index in [1.165, 1.54) is 25.7 Å². The summed E-state index contributed by atoms with van der Waals surface area (Å²) in [5.41, 5.74) is 3.54. The average molecular weight is 980 g/mol. The zero-order valence-corrected chi connectivity index (χ0v) is 41.9. The van der Waals surface area contributed by atoms with Crippen LogP contribution in [0.1, 0.15) is 101 Å². The number of benzene rings is 1. The Morgan fingerprint density at radius 3 is 2.32 bits per heavy atom. The highest BCUT2D eigenvalue weighted by atomic mass is 32.1. The zero-order chi connectivity index (χ0) is 50.6. The minimum atomic E-state index is -1.45. The van der Waals surface area contributed by atoms with Crippen LogP contribution >= 0.6 is 11.7 Å². The van der Waals surface area contributed by atoms with Crippen LogP contribution in [-0.2, 0) is 47.7 Å². The maximum Gasteiger partial charge on any atom is 0.347 e. The number of carbonyl (C=O) groups excluding carboxylic acids is 7. The number of rotatable bonds is 22. The number of aromatic amines is 1. The van der Waals surface area contributed by atoms with E-state index in [0.29, 0.717) is 83.7 Å². The van der Waals surface area contributed by atoms with Crippen LogP contribution in [0.25, 0.3) is 11.6 Å². The van der Waals surface area contributed by atoms with Gasteiger partial charge < -0.3 is 59.3 Å². The maximum absolute atomic E-state index is 13.3. The van der Waals surface area contributed by atoms with Gasteiger partial charge in [0.2, 0.25) is 17.6 Å². The van der Waals surface area contributed by atoms with Gasteiger partial charge in [0.05, 0.1) is 49.0 Å². The molecule has 0 bridgehead atoms. The van der Waals surface area contributed by atoms with Gasteiger partial charge in [-0.1, -0.05) is 13.8 Å². The summed E-state index contributed by atoms with van der Waals surface area (Å²) in [6.45, 7) is 22.2. The fourth-order valence-electron chi connectivity index (χ4n) is 7.70. The zero-order valence-electron chi connectivity index (χ0n) is 41.1. The van der Waals surface area contributed by atoms with Crippen molar-refractivity contribution in [2.24, 2.45) is 0 Å². The number of carbonyl (C=O) groups is 7. The van der Waals surface area contributed by atoms with E-state index in [1.54, 1.807) is 31.2 Å². The maximum atomic E-state index is 13.3. The van der Waals surface area contributed by atoms with Crippen molar-refractivity contribution in [1.82, 2.24) is 28.8 Å². The first-order valence-electron chi connectivity index (χ1n) is 23.0. The number of nitrogens with one attached hydrogen (secondary N) is 4. The lowest BCUT2D eigenvalue weighted by Gasteiger charge is -2.37. The second-order valence-corrected chi connectivity index (χ2v) is 18.2. The molecule has 2 aromatic heterocycles. The lowest BCUT2D eigenvalue weighted by atomic mass is 10.0. The van der Waals surface area contributed by atoms with Crippen LogP contribution in [-0.4, -0.2) is 155 Å². The molecular weight excluding hydrogens is 915 g/mol. The van der Waals surface area contributed by atoms with Gasteiger partial charge in [0, 0.05) is 73.4 Å². The van der Waals surface area contributed by atoms with Crippen molar-refractivity contribution >= 4 is 82.1 Å². The van der Waals surface area contributed by atoms with E-state index >= 15 is 0 Å². The highest BCUT2D eigenvalue weighted by Gasteiger charge is 2.33. The number of H-pyrrole nitrogens is 1. The Kier molecular flexibility index (Phi) is 18.8. The summed E-state index contributed by atoms with van der Waals surface area (Å²) < 4.78 is 36.3. The third-order valence-electron chi connectivity index (χ3n) is 11.5. The lowest BCUT2D eigenvalue weighted by Crippen LogP contribution is -2.50. The van der Waals surface area contributed by atoms with Crippen molar-refractivity contribution in [2.45, 2.75) is 106 Å². The Hall–Kier alpha value is -6.39. The molecule has 3 aromatic rings. The highest BCUT2D eigenvalue weighted by molar-refractivity contribution is 6.99. The molecule has 2 aliphatic heterocycles. The SMILES string of the molecule is CCN(CC)CCNC(=O)c1c(C)[nH]c(/C=C2\C(=O)Nc3ccc(NC(=O)CCC(=O)OC(C)C(=O)O[C@@H](C)C(=O)O[C@H](COc4nsnc4N4CCOCC4)CN(C(C)=O)C(C)(C)C)cc32)c1C. The fraction of sp³-hybridized carbons (Fsp3) is 0.553. The van der Waals surface area contributed by atoms with Gasteiger partial charge in [0.25, 0.3) is 17.7 Å². The number of fused-ring (bicyclic) bond motifs is 1. The van der Waals surface area contributed by atoms with Crippen LogP contribution in [0.3, 0.4) is 0 Å². The molecule has 3 atom stereocenters. The van der Waals surface area contributed by atoms with Crippen molar-refractivity contribution in [3.8, 4) is 5.88 Å². The van der Waals surface area contributed by atoms with Gasteiger partial charge in [-0.2, -0.15) is 4.37 Å². The minimum absolute atomic E-state index is 0.0482. The van der Waals surface area contributed by atoms with Gasteiger partial charge >= 0.3 is 17.9 Å². The predicted molar refractivity (Wildman–Crippen MR) is 258 cm³/mol. The number of nitrogens with zero attached hydrogens (tertiary/aromatic N) is 5. The number of esters is 3. The second-order valence-electron chi connectivity index (χ2n) is 17.6. The Labute approximate surface area is 406 Å². The Balaban J connectivity index is 1.12. The van der Waals surface area contributed by atoms with Crippen molar-refractivity contribution < 1.29 is 57.2 Å². The number of aromatic nitrogens is 3. The first-order valence-corrected chi connectivity index (χ1v) is 23.8. The van der Waals surface area contributed by atoms with E-state index < -0.39 is 54.1 Å². The van der Waals surface area contributed by atoms with E-state index in [0.717, 1.165) is 31.4 Å². The Bertz CT molecular complexity index is 2380. The normalized spacial score (nSPS) is 15.4. The van der Waals surface area contributed by atoms with E-state index in [9.17, 15) is 33.6 Å². The molecular formula is C47H65N9O12S. The van der Waals surface area contributed by atoms with Crippen LogP contribution in [0.4, 0.5) is 17.2 Å². The summed E-state index contributed by atoms with van der Waals surface area (Å²) in [6, 6.07) is 4.88. The molecule has 376 valence electrons. The molecule has 4 amide bonds. The molecule has 69 heavy (non-hydrogen) atoms. The van der Waals surface area contributed by atoms with E-state index in [-0.39, 0.29) is 43.2 Å². The highest BCUT2D eigenvalue weighted by Crippen LogP contribution is 2.36. The van der Waals surface area contributed by atoms with Gasteiger partial charge in [-0.25, -0.2) is 9.59 Å². The summed E-state index contributed by atoms with van der Waals surface area (Å²) in [7, 11) is 0. The number of aryl methyl sites for hydroxylation is 1. The predicted octanol–water partition coefficient (Wildman–Crippen LogP) is 4.10. The van der Waals surface area contributed by atoms with E-state index in [4.69, 9.17) is 23.7 Å². The molecule has 1 fully saturated rings. The molecule has 0 spiro atoms. The molecule has 1 unspecified atom stereocenters. The van der Waals surface area contributed by atoms with Crippen LogP contribution in [0.5, 0.6) is 5.88 Å². The number of morpholine rings is 1. The van der Waals surface area contributed by atoms with Crippen LogP contribution in [0.15, 0.2) is 18.2 Å². The number of hydrogen-bond donors (Lipinski definition) is 4. The van der Waals surface area contributed by atoms with Crippen molar-refractivity contribution in [3.05, 3.63) is 46.3 Å². The van der Waals surface area contributed by atoms with Gasteiger partial charge in [-0.15, -0.1) is 4.37 Å². The smallest absolute Gasteiger partial charge is 0.347 e. The monoisotopic (exact) mass is 979 g/mol. The molecule has 5 rings (SSSR count). The molecule has 0 saturated carbocycles. The minimum Gasteiger partial charge on any atom is -0.470 e. The van der Waals surface area contributed by atoms with Gasteiger partial charge in [-0.05, 0) is 91.4 Å². The number of hydrogen-bond acceptors (Lipinski definition) is 17. The number of amides is 4. The summed E-state index contributed by atoms with van der Waals surface area (Å²) in [6.07, 6.45) is -2.93. The molecule has 0 aliphatic carbocycles. The largest absolute Gasteiger partial charge is 0.470 e. The summed E-state index contributed by atoms with van der Waals surface area (Å²) in [5, 5.41) is 8.54. The summed E-state index contributed by atoms with van der Waals surface area (Å²) >= 11 is 0.963. The molecule has 2 aliphatic rings. The van der Waals surface area contributed by atoms with Gasteiger partial charge in [0.15, 0.2) is 18.3 Å². The number of likely N-dealkylation sites (N-methyl/N-ethyl adjacent to an activating group) is 1. The Morgan fingerprint density at radius 2 is 1.65 bits per heavy atom. The van der Waals surface area contributed by atoms with Crippen molar-refractivity contribution in [3.63, 3.8) is 0 Å². The topological polar surface area (TPSA) is 253 Å². The molecule has 1 aromatic carbocycles. The number of anilines is 3. The Morgan fingerprint density at radius 1 is 0.971 bits per heavy atom. The lowest BCUT2D eigenvalue weighted by molar-refractivity contribution is -0.180. The van der Waals surface area contributed by atoms with Crippen LogP contribution in [0, 0.1) is 13.8 Å². The third kappa shape index (κ3) is 14.6. The molecule has 21 nitrogen and oxygen atoms in total. The van der Waals surface area contributed by atoms with E-state index in [2.05, 4.69) is 48.4 Å². The first-order chi connectivity index (χ1) is 32.7. The molecule has 0 radical (unpaired) electrons. The van der Waals surface area contributed by atoms with Gasteiger partial charge in [-0.3, -0.25) is 24.0 Å². The van der Waals surface area contributed by atoms with Crippen LogP contribution in [0.2, 0.25) is 0 Å². The summed E-state index contributed by atoms with van der Waals surface area (Å²) in [4.78, 5) is 99.9. The molecule has 1 saturated heterocycles. The molecule has 4 heterocycles. The first kappa shape index (κ1) is 53.6. The second kappa shape index (κ2) is 24.2. The standard InChI is InChI=1S/C47H65N9O12S/c1-11-54(12-2)18-17-48-43(61)40-27(3)37(49-28(40)4)24-35-34-23-32(13-14-36(34)51-42(35)60)50-38(58)15-16-39(59)66-29(5)45(62)67-30(6)46(63)68-33(25-56(31(7)57)47(8,9)10)26-65-44-41(52-69-53-44)55-19-21-64-22-20-55/h13-14,23-24,29-30,33,49H,11-12,15-22,25-26H2,1-10H3,(H,48,61)(H,50,58)(H,51,60)/b35-24-/t29?,30-,33-/m0/s1. The summed E-state index contributed by atoms with van der Waals surface area (Å²) in [5.74, 6) is -3.45. The van der Waals surface area contributed by atoms with Crippen molar-refractivity contribution in [2.75, 3.05) is 81.2 Å².